The van der Waals surface area contributed by atoms with Gasteiger partial charge in [-0.3, -0.25) is 4.99 Å². The molecule has 0 radical (unpaired) electrons. The van der Waals surface area contributed by atoms with Crippen molar-refractivity contribution in [3.63, 3.8) is 0 Å². The fourth-order valence-corrected chi connectivity index (χ4v) is 1.19. The van der Waals surface area contributed by atoms with Crippen LogP contribution in [0, 0.1) is 0 Å². The van der Waals surface area contributed by atoms with E-state index in [1.165, 1.54) is 4.91 Å². The van der Waals surface area contributed by atoms with Gasteiger partial charge in [-0.05, 0) is 30.6 Å². The van der Waals surface area contributed by atoms with E-state index in [0.29, 0.717) is 0 Å². The summed E-state index contributed by atoms with van der Waals surface area (Å²) >= 11 is 1.73. The summed E-state index contributed by atoms with van der Waals surface area (Å²) in [4.78, 5) is 5.24. The van der Waals surface area contributed by atoms with Crippen LogP contribution < -0.4 is 0 Å². The molecule has 11 heavy (non-hydrogen) atoms. The molecule has 0 bridgehead atoms. The van der Waals surface area contributed by atoms with Crippen molar-refractivity contribution in [1.29, 1.82) is 0 Å². The van der Waals surface area contributed by atoms with Crippen LogP contribution in [0.1, 0.15) is 13.8 Å². The first-order valence-electron chi connectivity index (χ1n) is 3.46. The summed E-state index contributed by atoms with van der Waals surface area (Å²) in [6.45, 7) is 7.96. The third-order valence-electron chi connectivity index (χ3n) is 1.40. The quantitative estimate of drug-likeness (QED) is 0.467. The van der Waals surface area contributed by atoms with Gasteiger partial charge >= 0.3 is 0 Å². The van der Waals surface area contributed by atoms with Crippen molar-refractivity contribution in [3.8, 4) is 0 Å². The van der Waals surface area contributed by atoms with Crippen molar-refractivity contribution < 1.29 is 0 Å². The van der Waals surface area contributed by atoms with E-state index in [-0.39, 0.29) is 0 Å². The van der Waals surface area contributed by atoms with E-state index in [4.69, 9.17) is 0 Å². The number of thioether (sulfide) groups is 1. The lowest BCUT2D eigenvalue weighted by Crippen LogP contribution is -1.88. The lowest BCUT2D eigenvalue weighted by Gasteiger charge is -2.03. The third kappa shape index (κ3) is 3.42. The highest BCUT2D eigenvalue weighted by atomic mass is 32.2. The van der Waals surface area contributed by atoms with E-state index in [9.17, 15) is 0 Å². The van der Waals surface area contributed by atoms with Crippen LogP contribution in [-0.2, 0) is 0 Å². The van der Waals surface area contributed by atoms with Gasteiger partial charge in [-0.1, -0.05) is 6.58 Å². The lowest BCUT2D eigenvalue weighted by atomic mass is 10.1. The standard InChI is InChI=1S/C9H15NS/c1-7(2)9(6-10-4)8(3)11-5/h6H,1H2,2-5H3/b9-8-,10-6?. The number of hydrogen-bond donors (Lipinski definition) is 0. The first-order valence-corrected chi connectivity index (χ1v) is 4.68. The fraction of sp³-hybridized carbons (Fsp3) is 0.444. The van der Waals surface area contributed by atoms with Crippen LogP contribution in [0.4, 0.5) is 0 Å². The second kappa shape index (κ2) is 5.19. The zero-order valence-electron chi connectivity index (χ0n) is 7.64. The lowest BCUT2D eigenvalue weighted by molar-refractivity contribution is 1.41. The largest absolute Gasteiger partial charge is 0.296 e. The summed E-state index contributed by atoms with van der Waals surface area (Å²) in [6, 6.07) is 0. The van der Waals surface area contributed by atoms with E-state index in [2.05, 4.69) is 24.8 Å². The van der Waals surface area contributed by atoms with E-state index < -0.39 is 0 Å². The number of rotatable bonds is 3. The Morgan fingerprint density at radius 3 is 2.27 bits per heavy atom. The molecule has 0 unspecified atom stereocenters. The average Bonchev–Trinajstić information content (AvgIpc) is 1.98. The van der Waals surface area contributed by atoms with E-state index in [1.807, 2.05) is 13.1 Å². The van der Waals surface area contributed by atoms with Crippen molar-refractivity contribution in [3.05, 3.63) is 22.6 Å². The number of allylic oxidation sites excluding steroid dienone is 3. The average molecular weight is 169 g/mol. The molecule has 0 aromatic heterocycles. The molecule has 0 saturated carbocycles. The van der Waals surface area contributed by atoms with Crippen molar-refractivity contribution in [2.75, 3.05) is 13.3 Å². The number of hydrogen-bond acceptors (Lipinski definition) is 2. The molecular weight excluding hydrogens is 154 g/mol. The predicted octanol–water partition coefficient (Wildman–Crippen LogP) is 2.90. The van der Waals surface area contributed by atoms with Gasteiger partial charge in [-0.15, -0.1) is 11.8 Å². The van der Waals surface area contributed by atoms with Crippen LogP contribution in [0.2, 0.25) is 0 Å². The van der Waals surface area contributed by atoms with Crippen molar-refractivity contribution in [2.24, 2.45) is 4.99 Å². The second-order valence-electron chi connectivity index (χ2n) is 2.34. The molecule has 0 amide bonds. The minimum absolute atomic E-state index is 1.07. The Balaban J connectivity index is 4.72. The van der Waals surface area contributed by atoms with E-state index in [0.717, 1.165) is 11.1 Å². The van der Waals surface area contributed by atoms with Crippen molar-refractivity contribution in [2.45, 2.75) is 13.8 Å². The Bertz CT molecular complexity index is 202. The van der Waals surface area contributed by atoms with Gasteiger partial charge in [0.05, 0.1) is 0 Å². The molecule has 0 N–H and O–H groups in total. The van der Waals surface area contributed by atoms with Crippen LogP contribution in [-0.4, -0.2) is 19.5 Å². The predicted molar refractivity (Wildman–Crippen MR) is 55.4 cm³/mol. The normalized spacial score (nSPS) is 13.5. The molecule has 0 aromatic carbocycles. The van der Waals surface area contributed by atoms with Crippen LogP contribution in [0.3, 0.4) is 0 Å². The summed E-state index contributed by atoms with van der Waals surface area (Å²) in [6.07, 6.45) is 3.91. The minimum atomic E-state index is 1.07. The second-order valence-corrected chi connectivity index (χ2v) is 3.36. The van der Waals surface area contributed by atoms with Gasteiger partial charge in [-0.2, -0.15) is 0 Å². The maximum Gasteiger partial charge on any atom is 0.0291 e. The molecule has 0 saturated heterocycles. The highest BCUT2D eigenvalue weighted by molar-refractivity contribution is 8.02. The molecule has 0 atom stereocenters. The van der Waals surface area contributed by atoms with Crippen molar-refractivity contribution in [1.82, 2.24) is 0 Å². The highest BCUT2D eigenvalue weighted by Gasteiger charge is 1.98. The van der Waals surface area contributed by atoms with Crippen LogP contribution in [0.5, 0.6) is 0 Å². The summed E-state index contributed by atoms with van der Waals surface area (Å²) in [5.41, 5.74) is 2.22. The van der Waals surface area contributed by atoms with Crippen LogP contribution >= 0.6 is 11.8 Å². The SMILES string of the molecule is C=C(C)/C(C=NC)=C(/C)SC. The Morgan fingerprint density at radius 2 is 2.00 bits per heavy atom. The molecule has 0 heterocycles. The number of aliphatic imine (C=N–C) groups is 1. The van der Waals surface area contributed by atoms with Crippen LogP contribution in [0.25, 0.3) is 0 Å². The van der Waals surface area contributed by atoms with Gasteiger partial charge in [-0.25, -0.2) is 0 Å². The zero-order chi connectivity index (χ0) is 8.85. The number of nitrogens with zero attached hydrogens (tertiary/aromatic N) is 1. The first-order chi connectivity index (χ1) is 5.13. The van der Waals surface area contributed by atoms with Crippen molar-refractivity contribution >= 4 is 18.0 Å². The Hall–Kier alpha value is -0.500. The molecule has 0 rings (SSSR count). The van der Waals surface area contributed by atoms with Crippen LogP contribution in [0.15, 0.2) is 27.6 Å². The highest BCUT2D eigenvalue weighted by Crippen LogP contribution is 2.19. The molecule has 0 spiro atoms. The molecule has 0 aliphatic rings. The molecule has 62 valence electrons. The monoisotopic (exact) mass is 169 g/mol. The molecular formula is C9H15NS. The van der Waals surface area contributed by atoms with Gasteiger partial charge in [0.2, 0.25) is 0 Å². The minimum Gasteiger partial charge on any atom is -0.296 e. The topological polar surface area (TPSA) is 12.4 Å². The summed E-state index contributed by atoms with van der Waals surface area (Å²) in [5, 5.41) is 0. The maximum atomic E-state index is 3.97. The van der Waals surface area contributed by atoms with E-state index >= 15 is 0 Å². The maximum absolute atomic E-state index is 3.97. The Labute approximate surface area is 73.3 Å². The van der Waals surface area contributed by atoms with E-state index in [1.54, 1.807) is 18.8 Å². The molecule has 0 fully saturated rings. The van der Waals surface area contributed by atoms with Gasteiger partial charge in [0, 0.05) is 18.8 Å². The summed E-state index contributed by atoms with van der Waals surface area (Å²) in [7, 11) is 1.77. The molecule has 0 aromatic rings. The van der Waals surface area contributed by atoms with Gasteiger partial charge in [0.15, 0.2) is 0 Å². The molecule has 2 heteroatoms. The fourth-order valence-electron chi connectivity index (χ4n) is 0.741. The molecule has 1 nitrogen and oxygen atoms in total. The van der Waals surface area contributed by atoms with Gasteiger partial charge in [0.25, 0.3) is 0 Å². The Kier molecular flexibility index (Phi) is 4.95. The summed E-state index contributed by atoms with van der Waals surface area (Å²) in [5.74, 6) is 0. The smallest absolute Gasteiger partial charge is 0.0291 e. The summed E-state index contributed by atoms with van der Waals surface area (Å²) < 4.78 is 0. The Morgan fingerprint density at radius 1 is 1.45 bits per heavy atom. The zero-order valence-corrected chi connectivity index (χ0v) is 8.46. The van der Waals surface area contributed by atoms with Gasteiger partial charge < -0.3 is 0 Å². The van der Waals surface area contributed by atoms with Gasteiger partial charge in [0.1, 0.15) is 0 Å². The molecule has 0 aliphatic carbocycles. The first kappa shape index (κ1) is 10.5. The molecule has 0 aliphatic heterocycles. The third-order valence-corrected chi connectivity index (χ3v) is 2.24.